The zero-order valence-corrected chi connectivity index (χ0v) is 20.1. The number of fused-ring (bicyclic) bond motifs is 1. The summed E-state index contributed by atoms with van der Waals surface area (Å²) >= 11 is 7.17. The highest BCUT2D eigenvalue weighted by Gasteiger charge is 2.35. The Labute approximate surface area is 210 Å². The number of amides is 3. The number of carbonyl (C=O) groups excluding carboxylic acids is 3. The largest absolute Gasteiger partial charge is 0.484 e. The number of benzene rings is 2. The lowest BCUT2D eigenvalue weighted by molar-refractivity contribution is -0.137. The van der Waals surface area contributed by atoms with Crippen LogP contribution in [0.5, 0.6) is 17.2 Å². The molecule has 5 rings (SSSR count). The molecule has 3 aliphatic rings. The molecule has 182 valence electrons. The Morgan fingerprint density at radius 1 is 1.09 bits per heavy atom. The van der Waals surface area contributed by atoms with Gasteiger partial charge in [-0.15, -0.1) is 0 Å². The van der Waals surface area contributed by atoms with Crippen LogP contribution in [-0.2, 0) is 20.9 Å². The molecule has 3 aliphatic heterocycles. The van der Waals surface area contributed by atoms with Crippen molar-refractivity contribution >= 4 is 46.5 Å². The molecule has 3 heterocycles. The van der Waals surface area contributed by atoms with Gasteiger partial charge in [-0.1, -0.05) is 23.7 Å². The summed E-state index contributed by atoms with van der Waals surface area (Å²) in [4.78, 5) is 40.8. The van der Waals surface area contributed by atoms with Gasteiger partial charge < -0.3 is 23.8 Å². The number of rotatable bonds is 6. The van der Waals surface area contributed by atoms with Crippen LogP contribution in [0, 0.1) is 0 Å². The summed E-state index contributed by atoms with van der Waals surface area (Å²) in [5.41, 5.74) is 1.32. The number of thioether (sulfide) groups is 1. The number of morpholine rings is 1. The zero-order chi connectivity index (χ0) is 24.4. The van der Waals surface area contributed by atoms with Gasteiger partial charge in [0.05, 0.1) is 24.7 Å². The summed E-state index contributed by atoms with van der Waals surface area (Å²) in [5, 5.41) is 0.0107. The second-order valence-corrected chi connectivity index (χ2v) is 9.32. The predicted molar refractivity (Wildman–Crippen MR) is 128 cm³/mol. The molecule has 2 aromatic rings. The van der Waals surface area contributed by atoms with Gasteiger partial charge in [-0.05, 0) is 47.2 Å². The molecule has 0 atom stereocenters. The highest BCUT2D eigenvalue weighted by Crippen LogP contribution is 2.39. The third-order valence-corrected chi connectivity index (χ3v) is 6.91. The summed E-state index contributed by atoms with van der Waals surface area (Å²) in [6.45, 7) is 2.29. The summed E-state index contributed by atoms with van der Waals surface area (Å²) < 4.78 is 21.5. The van der Waals surface area contributed by atoms with Gasteiger partial charge in [0.25, 0.3) is 17.1 Å². The van der Waals surface area contributed by atoms with Crippen molar-refractivity contribution in [3.05, 3.63) is 57.5 Å². The molecule has 9 nitrogen and oxygen atoms in total. The van der Waals surface area contributed by atoms with E-state index in [1.807, 2.05) is 0 Å². The predicted octanol–water partition coefficient (Wildman–Crippen LogP) is 3.54. The molecule has 0 radical (unpaired) electrons. The third-order valence-electron chi connectivity index (χ3n) is 5.65. The first-order chi connectivity index (χ1) is 17.0. The minimum absolute atomic E-state index is 0.0292. The lowest BCUT2D eigenvalue weighted by Gasteiger charge is -2.26. The van der Waals surface area contributed by atoms with Gasteiger partial charge in [-0.2, -0.15) is 0 Å². The molecule has 0 aliphatic carbocycles. The number of ether oxygens (including phenoxy) is 4. The van der Waals surface area contributed by atoms with Gasteiger partial charge in [0.1, 0.15) is 5.75 Å². The average Bonchev–Trinajstić information content (AvgIpc) is 3.43. The van der Waals surface area contributed by atoms with Crippen molar-refractivity contribution in [3.8, 4) is 17.2 Å². The van der Waals surface area contributed by atoms with Gasteiger partial charge in [-0.3, -0.25) is 19.3 Å². The van der Waals surface area contributed by atoms with Crippen molar-refractivity contribution in [2.75, 3.05) is 39.7 Å². The molecule has 11 heteroatoms. The SMILES string of the molecule is O=C(COc1ccc(/C=C2\SC(=O)N(Cc3cc4c(cc3Cl)OCO4)C2=O)cc1)N1CCOCC1. The van der Waals surface area contributed by atoms with E-state index in [-0.39, 0.29) is 31.1 Å². The van der Waals surface area contributed by atoms with Crippen molar-refractivity contribution in [1.29, 1.82) is 0 Å². The number of imide groups is 1. The van der Waals surface area contributed by atoms with E-state index in [2.05, 4.69) is 0 Å². The molecule has 0 aromatic heterocycles. The van der Waals surface area contributed by atoms with E-state index in [0.717, 1.165) is 22.2 Å². The number of carbonyl (C=O) groups is 3. The summed E-state index contributed by atoms with van der Waals surface area (Å²) in [5.74, 6) is 1.11. The molecule has 2 saturated heterocycles. The van der Waals surface area contributed by atoms with Crippen molar-refractivity contribution < 1.29 is 33.3 Å². The number of nitrogens with zero attached hydrogens (tertiary/aromatic N) is 2. The monoisotopic (exact) mass is 516 g/mol. The maximum atomic E-state index is 12.9. The summed E-state index contributed by atoms with van der Waals surface area (Å²) in [6, 6.07) is 10.3. The van der Waals surface area contributed by atoms with E-state index in [1.54, 1.807) is 47.4 Å². The third kappa shape index (κ3) is 5.24. The molecular weight excluding hydrogens is 496 g/mol. The molecule has 2 fully saturated rings. The van der Waals surface area contributed by atoms with Gasteiger partial charge in [-0.25, -0.2) is 0 Å². The Balaban J connectivity index is 1.21. The molecule has 0 unspecified atom stereocenters. The lowest BCUT2D eigenvalue weighted by Crippen LogP contribution is -2.42. The van der Waals surface area contributed by atoms with Crippen LogP contribution in [0.25, 0.3) is 6.08 Å². The summed E-state index contributed by atoms with van der Waals surface area (Å²) in [7, 11) is 0. The second-order valence-electron chi connectivity index (χ2n) is 7.92. The van der Waals surface area contributed by atoms with Gasteiger partial charge in [0.2, 0.25) is 6.79 Å². The van der Waals surface area contributed by atoms with Crippen LogP contribution in [0.3, 0.4) is 0 Å². The van der Waals surface area contributed by atoms with Crippen molar-refractivity contribution in [2.45, 2.75) is 6.54 Å². The van der Waals surface area contributed by atoms with E-state index in [0.29, 0.717) is 59.0 Å². The van der Waals surface area contributed by atoms with E-state index in [1.165, 1.54) is 0 Å². The minimum atomic E-state index is -0.398. The van der Waals surface area contributed by atoms with Gasteiger partial charge in [0, 0.05) is 24.2 Å². The molecule has 3 amide bonds. The molecule has 0 N–H and O–H groups in total. The van der Waals surface area contributed by atoms with Crippen LogP contribution in [0.1, 0.15) is 11.1 Å². The van der Waals surface area contributed by atoms with E-state index < -0.39 is 5.91 Å². The Hall–Kier alpha value is -3.21. The highest BCUT2D eigenvalue weighted by molar-refractivity contribution is 8.18. The van der Waals surface area contributed by atoms with Crippen LogP contribution in [0.2, 0.25) is 5.02 Å². The fourth-order valence-corrected chi connectivity index (χ4v) is 4.80. The van der Waals surface area contributed by atoms with E-state index in [4.69, 9.17) is 30.5 Å². The maximum Gasteiger partial charge on any atom is 0.293 e. The smallest absolute Gasteiger partial charge is 0.293 e. The van der Waals surface area contributed by atoms with Gasteiger partial charge >= 0.3 is 0 Å². The zero-order valence-electron chi connectivity index (χ0n) is 18.5. The van der Waals surface area contributed by atoms with Crippen LogP contribution in [-0.4, -0.2) is 66.6 Å². The van der Waals surface area contributed by atoms with E-state index >= 15 is 0 Å². The molecule has 0 bridgehead atoms. The maximum absolute atomic E-state index is 12.9. The van der Waals surface area contributed by atoms with Crippen LogP contribution in [0.4, 0.5) is 4.79 Å². The Morgan fingerprint density at radius 2 is 1.80 bits per heavy atom. The number of hydrogen-bond donors (Lipinski definition) is 0. The standard InChI is InChI=1S/C24H21ClN2O7S/c25-18-11-20-19(33-14-34-20)10-16(18)12-27-23(29)21(35-24(27)30)9-15-1-3-17(4-2-15)32-13-22(28)26-5-7-31-8-6-26/h1-4,9-11H,5-8,12-14H2/b21-9-. The second kappa shape index (κ2) is 10.2. The first-order valence-corrected chi connectivity index (χ1v) is 12.1. The topological polar surface area (TPSA) is 94.6 Å². The molecule has 0 spiro atoms. The Morgan fingerprint density at radius 3 is 2.54 bits per heavy atom. The minimum Gasteiger partial charge on any atom is -0.484 e. The summed E-state index contributed by atoms with van der Waals surface area (Å²) in [6.07, 6.45) is 1.65. The Kier molecular flexibility index (Phi) is 6.85. The number of hydrogen-bond acceptors (Lipinski definition) is 8. The molecule has 0 saturated carbocycles. The van der Waals surface area contributed by atoms with Crippen LogP contribution in [0.15, 0.2) is 41.3 Å². The highest BCUT2D eigenvalue weighted by atomic mass is 35.5. The first kappa shape index (κ1) is 23.5. The molecule has 2 aromatic carbocycles. The van der Waals surface area contributed by atoms with Crippen molar-refractivity contribution in [2.24, 2.45) is 0 Å². The van der Waals surface area contributed by atoms with E-state index in [9.17, 15) is 14.4 Å². The lowest BCUT2D eigenvalue weighted by atomic mass is 10.1. The average molecular weight is 517 g/mol. The fraction of sp³-hybridized carbons (Fsp3) is 0.292. The molecule has 35 heavy (non-hydrogen) atoms. The van der Waals surface area contributed by atoms with Gasteiger partial charge in [0.15, 0.2) is 18.1 Å². The Bertz CT molecular complexity index is 1200. The fourth-order valence-electron chi connectivity index (χ4n) is 3.75. The van der Waals surface area contributed by atoms with Crippen LogP contribution < -0.4 is 14.2 Å². The van der Waals surface area contributed by atoms with Crippen LogP contribution >= 0.6 is 23.4 Å². The molecular formula is C24H21ClN2O7S. The van der Waals surface area contributed by atoms with Crippen molar-refractivity contribution in [1.82, 2.24) is 9.80 Å². The number of halogens is 1. The normalized spacial score (nSPS) is 18.5. The van der Waals surface area contributed by atoms with Crippen molar-refractivity contribution in [3.63, 3.8) is 0 Å². The first-order valence-electron chi connectivity index (χ1n) is 10.9. The quantitative estimate of drug-likeness (QED) is 0.538.